The van der Waals surface area contributed by atoms with Gasteiger partial charge in [0.15, 0.2) is 11.5 Å². The number of benzene rings is 3. The molecule has 202 valence electrons. The van der Waals surface area contributed by atoms with E-state index in [0.717, 1.165) is 16.0 Å². The molecular formula is C30H29ClN2O6. The third-order valence-corrected chi connectivity index (χ3v) is 6.39. The highest BCUT2D eigenvalue weighted by Crippen LogP contribution is 2.38. The van der Waals surface area contributed by atoms with Crippen LogP contribution < -0.4 is 24.4 Å². The van der Waals surface area contributed by atoms with Crippen molar-refractivity contribution in [1.29, 1.82) is 0 Å². The number of ether oxygens (including phenoxy) is 3. The summed E-state index contributed by atoms with van der Waals surface area (Å²) >= 11 is 6.58. The van der Waals surface area contributed by atoms with Crippen LogP contribution in [0.1, 0.15) is 36.1 Å². The molecule has 1 aliphatic heterocycles. The molecule has 39 heavy (non-hydrogen) atoms. The Morgan fingerprint density at radius 1 is 0.872 bits per heavy atom. The summed E-state index contributed by atoms with van der Waals surface area (Å²) in [4.78, 5) is 39.4. The van der Waals surface area contributed by atoms with E-state index in [1.807, 2.05) is 45.9 Å². The predicted molar refractivity (Wildman–Crippen MR) is 149 cm³/mol. The highest BCUT2D eigenvalue weighted by molar-refractivity contribution is 6.39. The molecule has 1 N–H and O–H groups in total. The summed E-state index contributed by atoms with van der Waals surface area (Å²) in [5.74, 6) is -0.266. The van der Waals surface area contributed by atoms with Crippen molar-refractivity contribution in [2.75, 3.05) is 18.1 Å². The van der Waals surface area contributed by atoms with Gasteiger partial charge in [-0.3, -0.25) is 14.9 Å². The van der Waals surface area contributed by atoms with Crippen LogP contribution in [0.4, 0.5) is 10.5 Å². The lowest BCUT2D eigenvalue weighted by Gasteiger charge is -2.26. The number of amides is 4. The summed E-state index contributed by atoms with van der Waals surface area (Å²) in [5, 5.41) is 2.47. The minimum atomic E-state index is -0.838. The van der Waals surface area contributed by atoms with Gasteiger partial charge < -0.3 is 14.2 Å². The molecule has 9 heteroatoms. The molecule has 0 spiro atoms. The molecule has 3 aromatic rings. The monoisotopic (exact) mass is 548 g/mol. The van der Waals surface area contributed by atoms with E-state index in [1.165, 1.54) is 11.6 Å². The van der Waals surface area contributed by atoms with E-state index in [9.17, 15) is 14.4 Å². The van der Waals surface area contributed by atoms with E-state index in [4.69, 9.17) is 25.8 Å². The van der Waals surface area contributed by atoms with E-state index in [2.05, 4.69) is 5.32 Å². The second-order valence-electron chi connectivity index (χ2n) is 8.86. The van der Waals surface area contributed by atoms with Gasteiger partial charge in [-0.15, -0.1) is 0 Å². The Kier molecular flexibility index (Phi) is 8.56. The second kappa shape index (κ2) is 12.0. The summed E-state index contributed by atoms with van der Waals surface area (Å²) < 4.78 is 17.2. The van der Waals surface area contributed by atoms with Gasteiger partial charge in [-0.25, -0.2) is 9.69 Å². The lowest BCUT2D eigenvalue weighted by Crippen LogP contribution is -2.54. The van der Waals surface area contributed by atoms with Crippen LogP contribution in [0, 0.1) is 13.8 Å². The average Bonchev–Trinajstić information content (AvgIpc) is 2.89. The van der Waals surface area contributed by atoms with Gasteiger partial charge in [-0.2, -0.15) is 0 Å². The van der Waals surface area contributed by atoms with Crippen molar-refractivity contribution in [2.24, 2.45) is 0 Å². The fraction of sp³-hybridized carbons (Fsp3) is 0.233. The number of carbonyl (C=O) groups excluding carboxylic acids is 3. The molecule has 0 bridgehead atoms. The number of urea groups is 1. The Morgan fingerprint density at radius 3 is 2.26 bits per heavy atom. The maximum absolute atomic E-state index is 13.3. The Bertz CT molecular complexity index is 1450. The van der Waals surface area contributed by atoms with Crippen LogP contribution in [0.25, 0.3) is 6.08 Å². The topological polar surface area (TPSA) is 94.2 Å². The summed E-state index contributed by atoms with van der Waals surface area (Å²) in [7, 11) is 0. The van der Waals surface area contributed by atoms with Gasteiger partial charge >= 0.3 is 6.03 Å². The third-order valence-electron chi connectivity index (χ3n) is 6.10. The number of hydrogen-bond donors (Lipinski definition) is 1. The lowest BCUT2D eigenvalue weighted by atomic mass is 10.1. The molecule has 0 atom stereocenters. The van der Waals surface area contributed by atoms with Crippen molar-refractivity contribution >= 4 is 41.2 Å². The van der Waals surface area contributed by atoms with Crippen LogP contribution in [0.3, 0.4) is 0 Å². The molecule has 1 fully saturated rings. The third kappa shape index (κ3) is 6.23. The number of nitrogens with one attached hydrogen (secondary N) is 1. The van der Waals surface area contributed by atoms with Gasteiger partial charge in [0.05, 0.1) is 23.9 Å². The molecule has 1 heterocycles. The highest BCUT2D eigenvalue weighted by Gasteiger charge is 2.37. The maximum atomic E-state index is 13.3. The number of imide groups is 2. The number of aryl methyl sites for hydroxylation is 2. The van der Waals surface area contributed by atoms with E-state index >= 15 is 0 Å². The number of rotatable bonds is 9. The quantitative estimate of drug-likeness (QED) is 0.260. The van der Waals surface area contributed by atoms with Crippen LogP contribution in [0.2, 0.25) is 5.02 Å². The van der Waals surface area contributed by atoms with Crippen molar-refractivity contribution in [3.63, 3.8) is 0 Å². The van der Waals surface area contributed by atoms with Gasteiger partial charge in [-0.05, 0) is 92.4 Å². The molecule has 1 saturated heterocycles. The van der Waals surface area contributed by atoms with E-state index in [-0.39, 0.29) is 17.2 Å². The summed E-state index contributed by atoms with van der Waals surface area (Å²) in [6.45, 7) is 8.85. The van der Waals surface area contributed by atoms with Crippen molar-refractivity contribution in [2.45, 2.75) is 34.3 Å². The molecule has 8 nitrogen and oxygen atoms in total. The molecule has 0 saturated carbocycles. The van der Waals surface area contributed by atoms with Crippen molar-refractivity contribution in [1.82, 2.24) is 5.32 Å². The summed E-state index contributed by atoms with van der Waals surface area (Å²) in [5.41, 5.74) is 3.82. The van der Waals surface area contributed by atoms with E-state index in [1.54, 1.807) is 36.4 Å². The largest absolute Gasteiger partial charge is 0.494 e. The second-order valence-corrected chi connectivity index (χ2v) is 9.26. The average molecular weight is 549 g/mol. The van der Waals surface area contributed by atoms with E-state index < -0.39 is 17.8 Å². The number of barbiturate groups is 1. The molecule has 3 aromatic carbocycles. The minimum Gasteiger partial charge on any atom is -0.494 e. The van der Waals surface area contributed by atoms with Crippen LogP contribution in [-0.2, 0) is 16.2 Å². The maximum Gasteiger partial charge on any atom is 0.335 e. The van der Waals surface area contributed by atoms with Crippen LogP contribution in [0.5, 0.6) is 17.2 Å². The normalized spacial score (nSPS) is 14.4. The van der Waals surface area contributed by atoms with Crippen molar-refractivity contribution in [3.05, 3.63) is 87.4 Å². The zero-order chi connectivity index (χ0) is 28.1. The first-order chi connectivity index (χ1) is 18.7. The molecule has 0 aromatic heterocycles. The smallest absolute Gasteiger partial charge is 0.335 e. The molecule has 4 amide bonds. The SMILES string of the molecule is CCOc1ccc(N2C(=O)NC(=O)/C(=C\c3cc(Cl)c(OCc4ccc(C)c(C)c4)c(OCC)c3)C2=O)cc1. The van der Waals surface area contributed by atoms with Crippen LogP contribution in [0.15, 0.2) is 60.2 Å². The minimum absolute atomic E-state index is 0.231. The summed E-state index contributed by atoms with van der Waals surface area (Å²) in [6.07, 6.45) is 1.37. The lowest BCUT2D eigenvalue weighted by molar-refractivity contribution is -0.122. The zero-order valence-electron chi connectivity index (χ0n) is 22.2. The van der Waals surface area contributed by atoms with Gasteiger partial charge in [0.1, 0.15) is 17.9 Å². The van der Waals surface area contributed by atoms with Gasteiger partial charge in [0, 0.05) is 0 Å². The predicted octanol–water partition coefficient (Wildman–Crippen LogP) is 6.00. The first kappa shape index (κ1) is 27.7. The first-order valence-corrected chi connectivity index (χ1v) is 12.9. The van der Waals surface area contributed by atoms with Crippen LogP contribution >= 0.6 is 11.6 Å². The molecule has 0 radical (unpaired) electrons. The summed E-state index contributed by atoms with van der Waals surface area (Å²) in [6, 6.07) is 14.9. The molecule has 1 aliphatic rings. The van der Waals surface area contributed by atoms with Gasteiger partial charge in [-0.1, -0.05) is 29.8 Å². The number of nitrogens with zero attached hydrogens (tertiary/aromatic N) is 1. The highest BCUT2D eigenvalue weighted by atomic mass is 35.5. The van der Waals surface area contributed by atoms with Crippen LogP contribution in [-0.4, -0.2) is 31.1 Å². The number of carbonyl (C=O) groups is 3. The molecule has 0 unspecified atom stereocenters. The molecule has 0 aliphatic carbocycles. The fourth-order valence-electron chi connectivity index (χ4n) is 4.04. The molecule has 4 rings (SSSR count). The number of anilines is 1. The first-order valence-electron chi connectivity index (χ1n) is 12.5. The Morgan fingerprint density at radius 2 is 1.59 bits per heavy atom. The van der Waals surface area contributed by atoms with Crippen molar-refractivity contribution < 1.29 is 28.6 Å². The standard InChI is InChI=1S/C30H29ClN2O6/c1-5-37-23-11-9-22(10-12-23)33-29(35)24(28(34)32-30(33)36)14-21-15-25(31)27(26(16-21)38-6-2)39-17-20-8-7-18(3)19(4)13-20/h7-16H,5-6,17H2,1-4H3,(H,32,34,36)/b24-14+. The van der Waals surface area contributed by atoms with Crippen molar-refractivity contribution in [3.8, 4) is 17.2 Å². The Balaban J connectivity index is 1.63. The Hall–Kier alpha value is -4.30. The number of halogens is 1. The zero-order valence-corrected chi connectivity index (χ0v) is 22.9. The number of hydrogen-bond acceptors (Lipinski definition) is 6. The molecular weight excluding hydrogens is 520 g/mol. The Labute approximate surface area is 232 Å². The van der Waals surface area contributed by atoms with Gasteiger partial charge in [0.2, 0.25) is 0 Å². The van der Waals surface area contributed by atoms with E-state index in [0.29, 0.717) is 41.7 Å². The fourth-order valence-corrected chi connectivity index (χ4v) is 4.31. The van der Waals surface area contributed by atoms with Gasteiger partial charge in [0.25, 0.3) is 11.8 Å².